The summed E-state index contributed by atoms with van der Waals surface area (Å²) in [6, 6.07) is 7.27. The molecule has 1 heterocycles. The van der Waals surface area contributed by atoms with Crippen molar-refractivity contribution in [3.63, 3.8) is 0 Å². The summed E-state index contributed by atoms with van der Waals surface area (Å²) in [5.74, 6) is 4.22. The number of halogens is 3. The second-order valence-corrected chi connectivity index (χ2v) is 4.33. The van der Waals surface area contributed by atoms with Gasteiger partial charge in [-0.25, -0.2) is 5.10 Å². The lowest BCUT2D eigenvalue weighted by molar-refractivity contribution is -0.137. The molecule has 118 valence electrons. The maximum atomic E-state index is 12.8. The number of benzene rings is 1. The van der Waals surface area contributed by atoms with Crippen molar-refractivity contribution >= 4 is 5.91 Å². The molecule has 0 saturated heterocycles. The van der Waals surface area contributed by atoms with Gasteiger partial charge in [0.05, 0.1) is 12.1 Å². The van der Waals surface area contributed by atoms with Crippen molar-refractivity contribution in [2.75, 3.05) is 6.54 Å². The van der Waals surface area contributed by atoms with Crippen LogP contribution in [0.15, 0.2) is 41.2 Å². The molecule has 23 heavy (non-hydrogen) atoms. The average Bonchev–Trinajstić information content (AvgIpc) is 2.51. The number of amides is 1. The van der Waals surface area contributed by atoms with Gasteiger partial charge < -0.3 is 5.32 Å². The lowest BCUT2D eigenvalue weighted by Crippen LogP contribution is -2.26. The molecule has 0 aliphatic heterocycles. The third-order valence-electron chi connectivity index (χ3n) is 2.70. The van der Waals surface area contributed by atoms with Gasteiger partial charge in [0.1, 0.15) is 5.69 Å². The number of hydrogen-bond donors (Lipinski definition) is 2. The first-order chi connectivity index (χ1) is 10.9. The van der Waals surface area contributed by atoms with Gasteiger partial charge >= 0.3 is 6.18 Å². The zero-order valence-electron chi connectivity index (χ0n) is 11.6. The van der Waals surface area contributed by atoms with E-state index in [1.165, 1.54) is 24.3 Å². The maximum absolute atomic E-state index is 12.8. The summed E-state index contributed by atoms with van der Waals surface area (Å²) < 4.78 is 38.3. The van der Waals surface area contributed by atoms with Crippen LogP contribution >= 0.6 is 0 Å². The summed E-state index contributed by atoms with van der Waals surface area (Å²) in [4.78, 5) is 22.5. The van der Waals surface area contributed by atoms with Crippen molar-refractivity contribution in [2.45, 2.75) is 6.18 Å². The Morgan fingerprint density at radius 1 is 1.22 bits per heavy atom. The average molecular weight is 321 g/mol. The molecule has 2 N–H and O–H groups in total. The standard InChI is InChI=1S/C15H10F3N3O2/c16-15(17,18)11-6-2-1-4-10(11)5-3-9-19-14(23)12-7-8-13(22)21-20-12/h1-2,4,6-8H,9H2,(H,19,23)(H,21,22). The largest absolute Gasteiger partial charge is 0.417 e. The maximum Gasteiger partial charge on any atom is 0.417 e. The van der Waals surface area contributed by atoms with Crippen LogP contribution < -0.4 is 10.9 Å². The Balaban J connectivity index is 2.03. The zero-order chi connectivity index (χ0) is 16.9. The van der Waals surface area contributed by atoms with Crippen molar-refractivity contribution in [3.8, 4) is 11.8 Å². The highest BCUT2D eigenvalue weighted by Crippen LogP contribution is 2.31. The van der Waals surface area contributed by atoms with Gasteiger partial charge in [-0.15, -0.1) is 0 Å². The molecule has 8 heteroatoms. The minimum atomic E-state index is -4.49. The molecular weight excluding hydrogens is 311 g/mol. The molecular formula is C15H10F3N3O2. The lowest BCUT2D eigenvalue weighted by atomic mass is 10.1. The first-order valence-corrected chi connectivity index (χ1v) is 6.37. The number of hydrogen-bond acceptors (Lipinski definition) is 3. The minimum Gasteiger partial charge on any atom is -0.340 e. The number of nitrogens with zero attached hydrogens (tertiary/aromatic N) is 1. The first-order valence-electron chi connectivity index (χ1n) is 6.37. The van der Waals surface area contributed by atoms with E-state index < -0.39 is 23.2 Å². The van der Waals surface area contributed by atoms with E-state index in [0.717, 1.165) is 12.1 Å². The number of alkyl halides is 3. The van der Waals surface area contributed by atoms with Crippen LogP contribution in [0.1, 0.15) is 21.6 Å². The Hall–Kier alpha value is -3.08. The molecule has 0 aliphatic carbocycles. The van der Waals surface area contributed by atoms with Gasteiger partial charge in [-0.1, -0.05) is 24.0 Å². The fourth-order valence-electron chi connectivity index (χ4n) is 1.66. The first kappa shape index (κ1) is 16.3. The predicted molar refractivity (Wildman–Crippen MR) is 75.5 cm³/mol. The number of aromatic amines is 1. The van der Waals surface area contributed by atoms with Gasteiger partial charge in [0, 0.05) is 11.6 Å². The van der Waals surface area contributed by atoms with Crippen molar-refractivity contribution in [1.82, 2.24) is 15.5 Å². The molecule has 5 nitrogen and oxygen atoms in total. The monoisotopic (exact) mass is 321 g/mol. The molecule has 2 rings (SSSR count). The Labute approximate surface area is 128 Å². The number of H-pyrrole nitrogens is 1. The summed E-state index contributed by atoms with van der Waals surface area (Å²) in [5, 5.41) is 7.98. The molecule has 0 atom stereocenters. The van der Waals surface area contributed by atoms with E-state index in [4.69, 9.17) is 0 Å². The fourth-order valence-corrected chi connectivity index (χ4v) is 1.66. The second kappa shape index (κ2) is 6.79. The lowest BCUT2D eigenvalue weighted by Gasteiger charge is -2.08. The topological polar surface area (TPSA) is 74.8 Å². The molecule has 1 aromatic heterocycles. The number of nitrogens with one attached hydrogen (secondary N) is 2. The summed E-state index contributed by atoms with van der Waals surface area (Å²) in [5.41, 5.74) is -1.48. The summed E-state index contributed by atoms with van der Waals surface area (Å²) in [6.45, 7) is -0.161. The van der Waals surface area contributed by atoms with E-state index in [0.29, 0.717) is 0 Å². The Kier molecular flexibility index (Phi) is 4.81. The Morgan fingerprint density at radius 2 is 1.96 bits per heavy atom. The molecule has 0 fully saturated rings. The molecule has 0 aliphatic rings. The van der Waals surface area contributed by atoms with Crippen molar-refractivity contribution in [1.29, 1.82) is 0 Å². The molecule has 0 radical (unpaired) electrons. The van der Waals surface area contributed by atoms with Crippen LogP contribution in [0.5, 0.6) is 0 Å². The fraction of sp³-hybridized carbons (Fsp3) is 0.133. The predicted octanol–water partition coefficient (Wildman–Crippen LogP) is 1.57. The zero-order valence-corrected chi connectivity index (χ0v) is 11.6. The van der Waals surface area contributed by atoms with Crippen LogP contribution in [0.25, 0.3) is 0 Å². The smallest absolute Gasteiger partial charge is 0.340 e. The van der Waals surface area contributed by atoms with Crippen LogP contribution in [0.3, 0.4) is 0 Å². The molecule has 0 unspecified atom stereocenters. The highest BCUT2D eigenvalue weighted by molar-refractivity contribution is 5.92. The van der Waals surface area contributed by atoms with Crippen molar-refractivity contribution in [2.24, 2.45) is 0 Å². The van der Waals surface area contributed by atoms with Gasteiger partial charge in [0.15, 0.2) is 0 Å². The van der Waals surface area contributed by atoms with Gasteiger partial charge in [-0.3, -0.25) is 9.59 Å². The van der Waals surface area contributed by atoms with Crippen LogP contribution in [-0.2, 0) is 6.18 Å². The quantitative estimate of drug-likeness (QED) is 0.825. The summed E-state index contributed by atoms with van der Waals surface area (Å²) >= 11 is 0. The van der Waals surface area contributed by atoms with Crippen molar-refractivity contribution < 1.29 is 18.0 Å². The molecule has 0 spiro atoms. The number of carbonyl (C=O) groups is 1. The Bertz CT molecular complexity index is 812. The SMILES string of the molecule is O=C(NCC#Cc1ccccc1C(F)(F)F)c1ccc(=O)[nH]n1. The summed E-state index contributed by atoms with van der Waals surface area (Å²) in [6.07, 6.45) is -4.49. The number of rotatable bonds is 2. The highest BCUT2D eigenvalue weighted by Gasteiger charge is 2.32. The van der Waals surface area contributed by atoms with Crippen molar-refractivity contribution in [3.05, 3.63) is 63.6 Å². The van der Waals surface area contributed by atoms with Gasteiger partial charge in [0.2, 0.25) is 0 Å². The van der Waals surface area contributed by atoms with E-state index in [1.54, 1.807) is 0 Å². The summed E-state index contributed by atoms with van der Waals surface area (Å²) in [7, 11) is 0. The molecule has 1 aromatic carbocycles. The van der Waals surface area contributed by atoms with Gasteiger partial charge in [-0.05, 0) is 18.2 Å². The van der Waals surface area contributed by atoms with E-state index in [9.17, 15) is 22.8 Å². The Morgan fingerprint density at radius 3 is 2.61 bits per heavy atom. The van der Waals surface area contributed by atoms with Crippen LogP contribution in [0.4, 0.5) is 13.2 Å². The number of aromatic nitrogens is 2. The molecule has 0 saturated carbocycles. The van der Waals surface area contributed by atoms with E-state index >= 15 is 0 Å². The van der Waals surface area contributed by atoms with E-state index in [2.05, 4.69) is 27.4 Å². The third kappa shape index (κ3) is 4.44. The van der Waals surface area contributed by atoms with Crippen LogP contribution in [0, 0.1) is 11.8 Å². The second-order valence-electron chi connectivity index (χ2n) is 4.33. The van der Waals surface area contributed by atoms with Gasteiger partial charge in [0.25, 0.3) is 11.5 Å². The van der Waals surface area contributed by atoms with Gasteiger partial charge in [-0.2, -0.15) is 18.3 Å². The molecule has 0 bridgehead atoms. The van der Waals surface area contributed by atoms with Crippen LogP contribution in [0.2, 0.25) is 0 Å². The minimum absolute atomic E-state index is 0.0258. The van der Waals surface area contributed by atoms with E-state index in [1.807, 2.05) is 0 Å². The van der Waals surface area contributed by atoms with E-state index in [-0.39, 0.29) is 17.8 Å². The highest BCUT2D eigenvalue weighted by atomic mass is 19.4. The molecule has 1 amide bonds. The normalized spacial score (nSPS) is 10.6. The molecule has 2 aromatic rings. The van der Waals surface area contributed by atoms with Crippen LogP contribution in [-0.4, -0.2) is 22.6 Å². The third-order valence-corrected chi connectivity index (χ3v) is 2.70. The number of carbonyl (C=O) groups excluding carboxylic acids is 1.